The molecule has 0 atom stereocenters. The van der Waals surface area contributed by atoms with Gasteiger partial charge in [0.1, 0.15) is 11.6 Å². The van der Waals surface area contributed by atoms with Crippen molar-refractivity contribution in [2.24, 2.45) is 0 Å². The minimum atomic E-state index is -0.347. The summed E-state index contributed by atoms with van der Waals surface area (Å²) >= 11 is 5.91. The first-order chi connectivity index (χ1) is 9.16. The van der Waals surface area contributed by atoms with Crippen LogP contribution in [-0.2, 0) is 13.0 Å². The molecule has 0 aliphatic carbocycles. The third-order valence-electron chi connectivity index (χ3n) is 2.86. The summed E-state index contributed by atoms with van der Waals surface area (Å²) in [6.45, 7) is 1.17. The molecule has 0 radical (unpaired) electrons. The molecule has 0 saturated heterocycles. The van der Waals surface area contributed by atoms with Crippen LogP contribution >= 0.6 is 11.6 Å². The monoisotopic (exact) mass is 281 g/mol. The fourth-order valence-corrected chi connectivity index (χ4v) is 2.05. The van der Waals surface area contributed by atoms with Gasteiger partial charge in [-0.3, -0.25) is 0 Å². The Morgan fingerprint density at radius 3 is 2.53 bits per heavy atom. The van der Waals surface area contributed by atoms with Crippen LogP contribution in [-0.4, -0.2) is 6.54 Å². The number of hydrogen-bond donors (Lipinski definition) is 1. The molecular formula is C15H14ClF2N. The fourth-order valence-electron chi connectivity index (χ4n) is 1.81. The SMILES string of the molecule is Fc1ccc(CNCCc2ccccc2F)c(Cl)c1. The van der Waals surface area contributed by atoms with E-state index in [4.69, 9.17) is 11.6 Å². The number of nitrogens with one attached hydrogen (secondary N) is 1. The summed E-state index contributed by atoms with van der Waals surface area (Å²) in [6.07, 6.45) is 0.603. The third kappa shape index (κ3) is 4.01. The lowest BCUT2D eigenvalue weighted by Gasteiger charge is -2.07. The fraction of sp³-hybridized carbons (Fsp3) is 0.200. The van der Waals surface area contributed by atoms with Gasteiger partial charge in [-0.05, 0) is 42.3 Å². The van der Waals surface area contributed by atoms with Crippen molar-refractivity contribution in [3.63, 3.8) is 0 Å². The lowest BCUT2D eigenvalue weighted by atomic mass is 10.1. The minimum Gasteiger partial charge on any atom is -0.312 e. The predicted molar refractivity (Wildman–Crippen MR) is 73.2 cm³/mol. The minimum absolute atomic E-state index is 0.191. The van der Waals surface area contributed by atoms with Crippen molar-refractivity contribution in [3.8, 4) is 0 Å². The van der Waals surface area contributed by atoms with E-state index in [0.717, 1.165) is 5.56 Å². The lowest BCUT2D eigenvalue weighted by Crippen LogP contribution is -2.17. The Balaban J connectivity index is 1.83. The normalized spacial score (nSPS) is 10.7. The van der Waals surface area contributed by atoms with Crippen LogP contribution in [0.5, 0.6) is 0 Å². The topological polar surface area (TPSA) is 12.0 Å². The molecule has 2 aromatic rings. The molecule has 100 valence electrons. The van der Waals surface area contributed by atoms with Gasteiger partial charge in [0.15, 0.2) is 0 Å². The van der Waals surface area contributed by atoms with Gasteiger partial charge in [-0.2, -0.15) is 0 Å². The summed E-state index contributed by atoms with van der Waals surface area (Å²) in [6, 6.07) is 11.0. The standard InChI is InChI=1S/C15H14ClF2N/c16-14-9-13(17)6-5-12(14)10-19-8-7-11-3-1-2-4-15(11)18/h1-6,9,19H,7-8,10H2. The van der Waals surface area contributed by atoms with E-state index < -0.39 is 0 Å². The maximum absolute atomic E-state index is 13.4. The molecule has 0 heterocycles. The van der Waals surface area contributed by atoms with Crippen LogP contribution in [0.15, 0.2) is 42.5 Å². The van der Waals surface area contributed by atoms with Crippen molar-refractivity contribution in [3.05, 3.63) is 70.2 Å². The molecule has 0 aromatic heterocycles. The zero-order valence-corrected chi connectivity index (χ0v) is 11.1. The maximum atomic E-state index is 13.4. The van der Waals surface area contributed by atoms with Crippen molar-refractivity contribution < 1.29 is 8.78 Å². The zero-order chi connectivity index (χ0) is 13.7. The van der Waals surface area contributed by atoms with E-state index >= 15 is 0 Å². The first-order valence-electron chi connectivity index (χ1n) is 6.05. The Hall–Kier alpha value is -1.45. The van der Waals surface area contributed by atoms with Gasteiger partial charge in [0.25, 0.3) is 0 Å². The quantitative estimate of drug-likeness (QED) is 0.818. The second-order valence-electron chi connectivity index (χ2n) is 4.25. The molecule has 4 heteroatoms. The summed E-state index contributed by atoms with van der Waals surface area (Å²) in [4.78, 5) is 0. The molecule has 0 aliphatic rings. The first kappa shape index (κ1) is 14.0. The number of rotatable bonds is 5. The van der Waals surface area contributed by atoms with Crippen molar-refractivity contribution in [1.29, 1.82) is 0 Å². The Morgan fingerprint density at radius 2 is 1.79 bits per heavy atom. The van der Waals surface area contributed by atoms with Gasteiger partial charge >= 0.3 is 0 Å². The van der Waals surface area contributed by atoms with Crippen molar-refractivity contribution in [1.82, 2.24) is 5.32 Å². The van der Waals surface area contributed by atoms with Crippen LogP contribution in [0, 0.1) is 11.6 Å². The summed E-state index contributed by atoms with van der Waals surface area (Å²) in [7, 11) is 0. The van der Waals surface area contributed by atoms with Gasteiger partial charge in [-0.1, -0.05) is 35.9 Å². The van der Waals surface area contributed by atoms with E-state index in [9.17, 15) is 8.78 Å². The van der Waals surface area contributed by atoms with Crippen molar-refractivity contribution in [2.45, 2.75) is 13.0 Å². The second-order valence-corrected chi connectivity index (χ2v) is 4.66. The van der Waals surface area contributed by atoms with Gasteiger partial charge in [0.2, 0.25) is 0 Å². The summed E-state index contributed by atoms with van der Waals surface area (Å²) in [5.74, 6) is -0.538. The van der Waals surface area contributed by atoms with Gasteiger partial charge in [-0.15, -0.1) is 0 Å². The van der Waals surface area contributed by atoms with Gasteiger partial charge in [0.05, 0.1) is 0 Å². The molecule has 0 bridgehead atoms. The molecule has 2 aromatic carbocycles. The van der Waals surface area contributed by atoms with Crippen molar-refractivity contribution in [2.75, 3.05) is 6.54 Å². The first-order valence-corrected chi connectivity index (χ1v) is 6.42. The van der Waals surface area contributed by atoms with E-state index in [2.05, 4.69) is 5.32 Å². The Labute approximate surface area is 116 Å². The van der Waals surface area contributed by atoms with E-state index in [1.54, 1.807) is 18.2 Å². The van der Waals surface area contributed by atoms with Gasteiger partial charge in [0, 0.05) is 11.6 Å². The lowest BCUT2D eigenvalue weighted by molar-refractivity contribution is 0.597. The third-order valence-corrected chi connectivity index (χ3v) is 3.21. The molecule has 0 saturated carbocycles. The van der Waals surface area contributed by atoms with Crippen LogP contribution in [0.3, 0.4) is 0 Å². The van der Waals surface area contributed by atoms with Crippen LogP contribution < -0.4 is 5.32 Å². The molecule has 2 rings (SSSR count). The summed E-state index contributed by atoms with van der Waals surface area (Å²) in [5, 5.41) is 3.57. The second kappa shape index (κ2) is 6.64. The molecule has 1 N–H and O–H groups in total. The van der Waals surface area contributed by atoms with Gasteiger partial charge in [-0.25, -0.2) is 8.78 Å². The van der Waals surface area contributed by atoms with E-state index in [0.29, 0.717) is 30.1 Å². The average molecular weight is 282 g/mol. The zero-order valence-electron chi connectivity index (χ0n) is 10.3. The number of hydrogen-bond acceptors (Lipinski definition) is 1. The van der Waals surface area contributed by atoms with Crippen LogP contribution in [0.25, 0.3) is 0 Å². The highest BCUT2D eigenvalue weighted by Crippen LogP contribution is 2.16. The molecule has 1 nitrogen and oxygen atoms in total. The molecule has 0 fully saturated rings. The summed E-state index contributed by atoms with van der Waals surface area (Å²) in [5.41, 5.74) is 1.51. The molecular weight excluding hydrogens is 268 g/mol. The van der Waals surface area contributed by atoms with Crippen LogP contribution in [0.1, 0.15) is 11.1 Å². The average Bonchev–Trinajstić information content (AvgIpc) is 2.38. The van der Waals surface area contributed by atoms with E-state index in [1.165, 1.54) is 18.2 Å². The van der Waals surface area contributed by atoms with Crippen molar-refractivity contribution >= 4 is 11.6 Å². The highest BCUT2D eigenvalue weighted by Gasteiger charge is 2.03. The molecule has 0 spiro atoms. The van der Waals surface area contributed by atoms with Gasteiger partial charge < -0.3 is 5.32 Å². The smallest absolute Gasteiger partial charge is 0.126 e. The Morgan fingerprint density at radius 1 is 1.00 bits per heavy atom. The molecule has 0 amide bonds. The highest BCUT2D eigenvalue weighted by molar-refractivity contribution is 6.31. The van der Waals surface area contributed by atoms with E-state index in [-0.39, 0.29) is 11.6 Å². The van der Waals surface area contributed by atoms with Crippen LogP contribution in [0.2, 0.25) is 5.02 Å². The van der Waals surface area contributed by atoms with Crippen LogP contribution in [0.4, 0.5) is 8.78 Å². The highest BCUT2D eigenvalue weighted by atomic mass is 35.5. The largest absolute Gasteiger partial charge is 0.312 e. The molecule has 0 aliphatic heterocycles. The van der Waals surface area contributed by atoms with E-state index in [1.807, 2.05) is 6.07 Å². The predicted octanol–water partition coefficient (Wildman–Crippen LogP) is 3.95. The maximum Gasteiger partial charge on any atom is 0.126 e. The number of halogens is 3. The summed E-state index contributed by atoms with van der Waals surface area (Å²) < 4.78 is 26.2. The Kier molecular flexibility index (Phi) is 4.88. The number of benzene rings is 2. The molecule has 0 unspecified atom stereocenters. The molecule has 19 heavy (non-hydrogen) atoms. The Bertz CT molecular complexity index is 558.